The molecule has 0 fully saturated rings. The van der Waals surface area contributed by atoms with Crippen molar-refractivity contribution in [3.8, 4) is 0 Å². The molecule has 0 radical (unpaired) electrons. The number of halogens is 3. The molecule has 1 aliphatic heterocycles. The average Bonchev–Trinajstić information content (AvgIpc) is 2.71. The lowest BCUT2D eigenvalue weighted by molar-refractivity contribution is -0.138. The molecule has 1 unspecified atom stereocenters. The van der Waals surface area contributed by atoms with Crippen LogP contribution < -0.4 is 5.32 Å². The molecular weight excluding hydrogens is 401 g/mol. The van der Waals surface area contributed by atoms with E-state index in [0.717, 1.165) is 33.8 Å². The highest BCUT2D eigenvalue weighted by molar-refractivity contribution is 6.12. The number of hydrogen-bond donors (Lipinski definition) is 1. The fraction of sp³-hybridized carbons (Fsp3) is 0.280. The van der Waals surface area contributed by atoms with E-state index in [1.165, 1.54) is 12.1 Å². The number of allylic oxidation sites excluding steroid dienone is 1. The number of anilines is 1. The molecule has 3 aromatic rings. The van der Waals surface area contributed by atoms with Crippen molar-refractivity contribution in [2.45, 2.75) is 38.9 Å². The lowest BCUT2D eigenvalue weighted by Gasteiger charge is -2.40. The minimum Gasteiger partial charge on any atom is -0.373 e. The number of aromatic nitrogens is 1. The Morgan fingerprint density at radius 1 is 1.03 bits per heavy atom. The number of Topliss-reactive ketones (excluding diaryl/α,β-unsaturated/α-hetero) is 1. The monoisotopic (exact) mass is 422 g/mol. The van der Waals surface area contributed by atoms with Gasteiger partial charge in [0.15, 0.2) is 5.78 Å². The molecule has 1 N–H and O–H groups in total. The van der Waals surface area contributed by atoms with Gasteiger partial charge in [0.1, 0.15) is 0 Å². The Balaban J connectivity index is 1.81. The molecule has 1 aromatic heterocycles. The fourth-order valence-electron chi connectivity index (χ4n) is 4.96. The third kappa shape index (κ3) is 3.21. The van der Waals surface area contributed by atoms with E-state index in [-0.39, 0.29) is 16.8 Å². The maximum Gasteiger partial charge on any atom is 0.416 e. The van der Waals surface area contributed by atoms with Gasteiger partial charge in [0.2, 0.25) is 0 Å². The van der Waals surface area contributed by atoms with Crippen molar-refractivity contribution in [3.63, 3.8) is 0 Å². The Labute approximate surface area is 178 Å². The van der Waals surface area contributed by atoms with Crippen LogP contribution in [0.5, 0.6) is 0 Å². The van der Waals surface area contributed by atoms with Crippen molar-refractivity contribution < 1.29 is 18.0 Å². The van der Waals surface area contributed by atoms with Gasteiger partial charge in [0, 0.05) is 34.8 Å². The number of ketones is 1. The number of carbonyl (C=O) groups excluding carboxylic acids is 1. The van der Waals surface area contributed by atoms with E-state index in [1.54, 1.807) is 12.3 Å². The van der Waals surface area contributed by atoms with Gasteiger partial charge in [-0.1, -0.05) is 38.1 Å². The highest BCUT2D eigenvalue weighted by atomic mass is 19.4. The standard InChI is InChI=1S/C25H21F3N2O/c1-24(2)12-16-21-15-7-5-11-29-18(15)9-10-19(21)30-23(22(16)20(31)13-24)14-6-3-4-8-17(14)25(26,27)28/h3-11,23,30H,12-13H2,1-2H3. The Hall–Kier alpha value is -3.15. The van der Waals surface area contributed by atoms with Gasteiger partial charge in [-0.05, 0) is 47.2 Å². The number of carbonyl (C=O) groups is 1. The van der Waals surface area contributed by atoms with Crippen molar-refractivity contribution in [3.05, 3.63) is 77.0 Å². The fourth-order valence-corrected chi connectivity index (χ4v) is 4.96. The molecule has 6 heteroatoms. The van der Waals surface area contributed by atoms with Crippen LogP contribution in [0.1, 0.15) is 49.4 Å². The van der Waals surface area contributed by atoms with Gasteiger partial charge in [-0.15, -0.1) is 0 Å². The van der Waals surface area contributed by atoms with Gasteiger partial charge >= 0.3 is 6.18 Å². The van der Waals surface area contributed by atoms with Crippen LogP contribution in [0.25, 0.3) is 16.5 Å². The Bertz CT molecular complexity index is 1260. The Morgan fingerprint density at radius 2 is 1.81 bits per heavy atom. The maximum atomic E-state index is 13.8. The van der Waals surface area contributed by atoms with E-state index in [9.17, 15) is 18.0 Å². The van der Waals surface area contributed by atoms with E-state index in [4.69, 9.17) is 0 Å². The molecular formula is C25H21F3N2O. The molecule has 158 valence electrons. The van der Waals surface area contributed by atoms with Crippen LogP contribution >= 0.6 is 0 Å². The van der Waals surface area contributed by atoms with Crippen molar-refractivity contribution in [2.24, 2.45) is 5.41 Å². The number of nitrogens with zero attached hydrogens (tertiary/aromatic N) is 1. The van der Waals surface area contributed by atoms with E-state index in [2.05, 4.69) is 10.3 Å². The van der Waals surface area contributed by atoms with E-state index >= 15 is 0 Å². The molecule has 3 nitrogen and oxygen atoms in total. The third-order valence-electron chi connectivity index (χ3n) is 6.17. The summed E-state index contributed by atoms with van der Waals surface area (Å²) in [6.07, 6.45) is -1.89. The van der Waals surface area contributed by atoms with Crippen LogP contribution in [0.15, 0.2) is 60.3 Å². The molecule has 0 amide bonds. The van der Waals surface area contributed by atoms with Crippen molar-refractivity contribution in [2.75, 3.05) is 5.32 Å². The quantitative estimate of drug-likeness (QED) is 0.483. The topological polar surface area (TPSA) is 42.0 Å². The molecule has 0 bridgehead atoms. The van der Waals surface area contributed by atoms with E-state index < -0.39 is 17.8 Å². The lowest BCUT2D eigenvalue weighted by Crippen LogP contribution is -2.34. The minimum absolute atomic E-state index is 0.0764. The zero-order chi connectivity index (χ0) is 22.0. The zero-order valence-electron chi connectivity index (χ0n) is 17.2. The van der Waals surface area contributed by atoms with Crippen LogP contribution in [-0.2, 0) is 11.0 Å². The first-order valence-electron chi connectivity index (χ1n) is 10.2. The number of fused-ring (bicyclic) bond motifs is 4. The first-order chi connectivity index (χ1) is 14.7. The summed E-state index contributed by atoms with van der Waals surface area (Å²) in [6.45, 7) is 4.05. The number of pyridine rings is 1. The highest BCUT2D eigenvalue weighted by Gasteiger charge is 2.43. The van der Waals surface area contributed by atoms with Gasteiger partial charge in [0.25, 0.3) is 0 Å². The van der Waals surface area contributed by atoms with Crippen LogP contribution in [0, 0.1) is 5.41 Å². The number of nitrogens with one attached hydrogen (secondary N) is 1. The van der Waals surface area contributed by atoms with Gasteiger partial charge < -0.3 is 5.32 Å². The summed E-state index contributed by atoms with van der Waals surface area (Å²) < 4.78 is 41.4. The molecule has 2 aliphatic rings. The second-order valence-electron chi connectivity index (χ2n) is 9.05. The summed E-state index contributed by atoms with van der Waals surface area (Å²) in [5.74, 6) is -0.104. The molecule has 0 saturated heterocycles. The van der Waals surface area contributed by atoms with Gasteiger partial charge in [-0.2, -0.15) is 13.2 Å². The number of alkyl halides is 3. The highest BCUT2D eigenvalue weighted by Crippen LogP contribution is 2.52. The maximum absolute atomic E-state index is 13.8. The first-order valence-corrected chi connectivity index (χ1v) is 10.2. The van der Waals surface area contributed by atoms with Crippen LogP contribution in [0.2, 0.25) is 0 Å². The predicted octanol–water partition coefficient (Wildman–Crippen LogP) is 6.56. The smallest absolute Gasteiger partial charge is 0.373 e. The largest absolute Gasteiger partial charge is 0.416 e. The molecule has 2 heterocycles. The van der Waals surface area contributed by atoms with E-state index in [1.807, 2.05) is 38.1 Å². The van der Waals surface area contributed by atoms with Crippen molar-refractivity contribution >= 4 is 27.9 Å². The summed E-state index contributed by atoms with van der Waals surface area (Å²) in [5, 5.41) is 4.16. The van der Waals surface area contributed by atoms with Crippen molar-refractivity contribution in [1.82, 2.24) is 4.98 Å². The molecule has 1 atom stereocenters. The molecule has 2 aromatic carbocycles. The molecule has 31 heavy (non-hydrogen) atoms. The lowest BCUT2D eigenvalue weighted by atomic mass is 9.67. The van der Waals surface area contributed by atoms with Crippen LogP contribution in [-0.4, -0.2) is 10.8 Å². The number of rotatable bonds is 1. The van der Waals surface area contributed by atoms with Crippen LogP contribution in [0.3, 0.4) is 0 Å². The molecule has 0 saturated carbocycles. The zero-order valence-corrected chi connectivity index (χ0v) is 17.2. The summed E-state index contributed by atoms with van der Waals surface area (Å²) in [6, 6.07) is 12.2. The predicted molar refractivity (Wildman–Crippen MR) is 114 cm³/mol. The average molecular weight is 422 g/mol. The number of benzene rings is 2. The van der Waals surface area contributed by atoms with E-state index in [0.29, 0.717) is 18.4 Å². The van der Waals surface area contributed by atoms with Gasteiger partial charge in [-0.25, -0.2) is 0 Å². The second kappa shape index (κ2) is 6.67. The first kappa shape index (κ1) is 19.8. The normalized spacial score (nSPS) is 20.3. The second-order valence-corrected chi connectivity index (χ2v) is 9.05. The summed E-state index contributed by atoms with van der Waals surface area (Å²) >= 11 is 0. The summed E-state index contributed by atoms with van der Waals surface area (Å²) in [7, 11) is 0. The Kier molecular flexibility index (Phi) is 4.26. The SMILES string of the molecule is CC1(C)CC(=O)C2=C(C1)c1c(ccc3ncccc13)NC2c1ccccc1C(F)(F)F. The molecule has 1 aliphatic carbocycles. The molecule has 5 rings (SSSR count). The van der Waals surface area contributed by atoms with Crippen LogP contribution in [0.4, 0.5) is 18.9 Å². The molecule has 0 spiro atoms. The van der Waals surface area contributed by atoms with Gasteiger partial charge in [0.05, 0.1) is 17.1 Å². The summed E-state index contributed by atoms with van der Waals surface area (Å²) in [5.41, 5.74) is 2.75. The summed E-state index contributed by atoms with van der Waals surface area (Å²) in [4.78, 5) is 17.8. The Morgan fingerprint density at radius 3 is 2.58 bits per heavy atom. The van der Waals surface area contributed by atoms with Crippen molar-refractivity contribution in [1.29, 1.82) is 0 Å². The third-order valence-corrected chi connectivity index (χ3v) is 6.17. The number of hydrogen-bond acceptors (Lipinski definition) is 3. The minimum atomic E-state index is -4.51. The van der Waals surface area contributed by atoms with Gasteiger partial charge in [-0.3, -0.25) is 9.78 Å².